The van der Waals surface area contributed by atoms with Gasteiger partial charge in [0, 0.05) is 55.7 Å². The van der Waals surface area contributed by atoms with Crippen molar-refractivity contribution in [3.8, 4) is 6.07 Å². The Morgan fingerprint density at radius 3 is 2.69 bits per heavy atom. The minimum absolute atomic E-state index is 0.0170. The smallest absolute Gasteiger partial charge is 0.337 e. The Morgan fingerprint density at radius 2 is 2.05 bits per heavy atom. The fraction of sp³-hybridized carbons (Fsp3) is 0.464. The first kappa shape index (κ1) is 25.5. The number of aliphatic imine (C=N–C) groups is 1. The van der Waals surface area contributed by atoms with Crippen LogP contribution in [0.25, 0.3) is 0 Å². The van der Waals surface area contributed by atoms with Gasteiger partial charge in [0.25, 0.3) is 0 Å². The molecule has 4 heterocycles. The molecule has 3 aliphatic heterocycles. The number of amidine groups is 1. The number of hydrogen-bond acceptors (Lipinski definition) is 9. The average molecular weight is 546 g/mol. The number of fused-ring (bicyclic) bond motifs is 1. The second-order valence-corrected chi connectivity index (χ2v) is 11.4. The van der Waals surface area contributed by atoms with Gasteiger partial charge in [-0.05, 0) is 37.0 Å². The van der Waals surface area contributed by atoms with Crippen LogP contribution in [0.15, 0.2) is 52.1 Å². The molecule has 0 radical (unpaired) electrons. The number of hydrogen-bond donors (Lipinski definition) is 1. The standard InChI is InChI=1S/C28H31N7O3S/c1-3-21-23(26(36)38-2)22(32-24(31-21)25-30-10-13-39-25)16-33-11-12-34-20(14-33)15-35(27(34)37)19-6-4-18(5-7-19)28(17-29)8-9-28/h4-7,10,13,20-21H,3,8-9,11-12,14-16H2,1-2H3,(H,31,32)/t20-,21-/m0/s1. The predicted octanol–water partition coefficient (Wildman–Crippen LogP) is 2.88. The van der Waals surface area contributed by atoms with E-state index in [1.54, 1.807) is 6.20 Å². The van der Waals surface area contributed by atoms with Crippen LogP contribution in [-0.4, -0.2) is 84.5 Å². The van der Waals surface area contributed by atoms with Gasteiger partial charge in [-0.3, -0.25) is 14.8 Å². The summed E-state index contributed by atoms with van der Waals surface area (Å²) in [7, 11) is 1.40. The van der Waals surface area contributed by atoms with Crippen molar-refractivity contribution in [2.75, 3.05) is 44.7 Å². The summed E-state index contributed by atoms with van der Waals surface area (Å²) in [5.74, 6) is 0.299. The molecular weight excluding hydrogens is 514 g/mol. The molecule has 39 heavy (non-hydrogen) atoms. The van der Waals surface area contributed by atoms with Crippen molar-refractivity contribution in [2.24, 2.45) is 4.99 Å². The lowest BCUT2D eigenvalue weighted by Crippen LogP contribution is -2.53. The van der Waals surface area contributed by atoms with E-state index in [1.807, 2.05) is 46.4 Å². The third kappa shape index (κ3) is 4.57. The van der Waals surface area contributed by atoms with Crippen LogP contribution in [0.3, 0.4) is 0 Å². The number of nitriles is 1. The lowest BCUT2D eigenvalue weighted by atomic mass is 9.97. The number of methoxy groups -OCH3 is 1. The maximum Gasteiger partial charge on any atom is 0.337 e. The first-order chi connectivity index (χ1) is 19.0. The van der Waals surface area contributed by atoms with Gasteiger partial charge in [-0.25, -0.2) is 14.6 Å². The number of carbonyl (C=O) groups excluding carboxylic acids is 2. The molecule has 6 rings (SSSR count). The summed E-state index contributed by atoms with van der Waals surface area (Å²) in [4.78, 5) is 41.4. The van der Waals surface area contributed by atoms with E-state index in [2.05, 4.69) is 21.3 Å². The normalized spacial score (nSPS) is 24.1. The summed E-state index contributed by atoms with van der Waals surface area (Å²) in [6.45, 7) is 5.12. The molecule has 3 fully saturated rings. The minimum atomic E-state index is -0.375. The van der Waals surface area contributed by atoms with Gasteiger partial charge >= 0.3 is 12.0 Å². The number of nitrogens with one attached hydrogen (secondary N) is 1. The summed E-state index contributed by atoms with van der Waals surface area (Å²) in [5.41, 5.74) is 2.89. The van der Waals surface area contributed by atoms with Crippen LogP contribution in [0, 0.1) is 11.3 Å². The fourth-order valence-electron chi connectivity index (χ4n) is 5.81. The Hall–Kier alpha value is -3.75. The van der Waals surface area contributed by atoms with E-state index in [4.69, 9.17) is 9.73 Å². The summed E-state index contributed by atoms with van der Waals surface area (Å²) in [6.07, 6.45) is 4.21. The molecule has 1 aromatic heterocycles. The molecule has 10 nitrogen and oxygen atoms in total. The van der Waals surface area contributed by atoms with Crippen molar-refractivity contribution in [1.29, 1.82) is 5.26 Å². The molecule has 202 valence electrons. The van der Waals surface area contributed by atoms with Gasteiger partial charge in [-0.2, -0.15) is 5.26 Å². The lowest BCUT2D eigenvalue weighted by Gasteiger charge is -2.37. The molecule has 2 amide bonds. The quantitative estimate of drug-likeness (QED) is 0.532. The molecule has 1 aliphatic carbocycles. The Kier molecular flexibility index (Phi) is 6.61. The number of ether oxygens (including phenoxy) is 1. The zero-order valence-corrected chi connectivity index (χ0v) is 22.9. The van der Waals surface area contributed by atoms with Crippen LogP contribution in [0.4, 0.5) is 10.5 Å². The zero-order valence-electron chi connectivity index (χ0n) is 22.1. The van der Waals surface area contributed by atoms with Gasteiger partial charge in [-0.1, -0.05) is 19.1 Å². The molecule has 0 spiro atoms. The van der Waals surface area contributed by atoms with Gasteiger partial charge in [0.05, 0.1) is 36.3 Å². The Balaban J connectivity index is 1.18. The number of esters is 1. The van der Waals surface area contributed by atoms with E-state index in [9.17, 15) is 14.9 Å². The molecule has 2 saturated heterocycles. The topological polar surface area (TPSA) is 114 Å². The molecule has 1 saturated carbocycles. The number of anilines is 1. The molecule has 4 aliphatic rings. The molecule has 0 bridgehead atoms. The fourth-order valence-corrected chi connectivity index (χ4v) is 6.40. The van der Waals surface area contributed by atoms with Crippen molar-refractivity contribution in [3.63, 3.8) is 0 Å². The SMILES string of the molecule is CC[C@@H]1N=C(c2nccs2)NC(CN2CCN3C(=O)N(c4ccc(C5(C#N)CC5)cc4)C[C@@H]3C2)=C1C(=O)OC. The maximum absolute atomic E-state index is 13.3. The summed E-state index contributed by atoms with van der Waals surface area (Å²) < 4.78 is 5.14. The van der Waals surface area contributed by atoms with Crippen LogP contribution >= 0.6 is 11.3 Å². The highest BCUT2D eigenvalue weighted by Crippen LogP contribution is 2.47. The number of nitrogens with zero attached hydrogens (tertiary/aromatic N) is 6. The van der Waals surface area contributed by atoms with E-state index in [1.165, 1.54) is 18.4 Å². The second-order valence-electron chi connectivity index (χ2n) is 10.5. The maximum atomic E-state index is 13.3. The van der Waals surface area contributed by atoms with Crippen molar-refractivity contribution in [3.05, 3.63) is 57.7 Å². The number of carbonyl (C=O) groups is 2. The van der Waals surface area contributed by atoms with E-state index < -0.39 is 0 Å². The monoisotopic (exact) mass is 545 g/mol. The van der Waals surface area contributed by atoms with Gasteiger partial charge < -0.3 is 15.0 Å². The highest BCUT2D eigenvalue weighted by Gasteiger charge is 2.45. The van der Waals surface area contributed by atoms with Crippen molar-refractivity contribution >= 4 is 34.9 Å². The van der Waals surface area contributed by atoms with Gasteiger partial charge in [0.15, 0.2) is 10.8 Å². The Morgan fingerprint density at radius 1 is 1.26 bits per heavy atom. The van der Waals surface area contributed by atoms with Crippen LogP contribution in [0.5, 0.6) is 0 Å². The van der Waals surface area contributed by atoms with Gasteiger partial charge in [0.2, 0.25) is 0 Å². The Bertz CT molecular complexity index is 1370. The average Bonchev–Trinajstić information content (AvgIpc) is 3.43. The number of urea groups is 1. The predicted molar refractivity (Wildman–Crippen MR) is 148 cm³/mol. The number of piperazine rings is 1. The Labute approximate surface area is 231 Å². The highest BCUT2D eigenvalue weighted by molar-refractivity contribution is 7.11. The number of aromatic nitrogens is 1. The number of rotatable bonds is 7. The molecule has 0 unspecified atom stereocenters. The van der Waals surface area contributed by atoms with Gasteiger partial charge in [-0.15, -0.1) is 11.3 Å². The van der Waals surface area contributed by atoms with Crippen molar-refractivity contribution in [1.82, 2.24) is 20.1 Å². The van der Waals surface area contributed by atoms with Crippen LogP contribution < -0.4 is 10.2 Å². The third-order valence-corrected chi connectivity index (χ3v) is 8.93. The highest BCUT2D eigenvalue weighted by atomic mass is 32.1. The number of amides is 2. The summed E-state index contributed by atoms with van der Waals surface area (Å²) >= 11 is 1.50. The minimum Gasteiger partial charge on any atom is -0.466 e. The van der Waals surface area contributed by atoms with Gasteiger partial charge in [0.1, 0.15) is 0 Å². The molecular formula is C28H31N7O3S. The van der Waals surface area contributed by atoms with Crippen molar-refractivity contribution in [2.45, 2.75) is 43.7 Å². The van der Waals surface area contributed by atoms with Crippen LogP contribution in [0.2, 0.25) is 0 Å². The first-order valence-corrected chi connectivity index (χ1v) is 14.2. The van der Waals surface area contributed by atoms with E-state index in [0.29, 0.717) is 50.6 Å². The molecule has 1 aromatic carbocycles. The van der Waals surface area contributed by atoms with E-state index in [0.717, 1.165) is 34.8 Å². The van der Waals surface area contributed by atoms with E-state index in [-0.39, 0.29) is 29.5 Å². The van der Waals surface area contributed by atoms with Crippen molar-refractivity contribution < 1.29 is 14.3 Å². The second kappa shape index (κ2) is 10.1. The number of benzene rings is 1. The largest absolute Gasteiger partial charge is 0.466 e. The lowest BCUT2D eigenvalue weighted by molar-refractivity contribution is -0.136. The summed E-state index contributed by atoms with van der Waals surface area (Å²) in [5, 5.41) is 15.6. The number of thiazole rings is 1. The van der Waals surface area contributed by atoms with E-state index >= 15 is 0 Å². The molecule has 1 N–H and O–H groups in total. The van der Waals surface area contributed by atoms with Crippen LogP contribution in [-0.2, 0) is 14.9 Å². The third-order valence-electron chi connectivity index (χ3n) is 8.15. The molecule has 11 heteroatoms. The molecule has 2 aromatic rings. The molecule has 2 atom stereocenters. The first-order valence-electron chi connectivity index (χ1n) is 13.3. The summed E-state index contributed by atoms with van der Waals surface area (Å²) in [6, 6.07) is 10.1. The zero-order chi connectivity index (χ0) is 27.1. The van der Waals surface area contributed by atoms with Crippen LogP contribution in [0.1, 0.15) is 36.8 Å².